The number of carbonyl (C=O) groups excluding carboxylic acids is 3. The summed E-state index contributed by atoms with van der Waals surface area (Å²) < 4.78 is 22.9. The Morgan fingerprint density at radius 1 is 0.299 bits per heavy atom. The molecule has 576 valence electrons. The van der Waals surface area contributed by atoms with Crippen molar-refractivity contribution < 1.29 is 42.9 Å². The average Bonchev–Trinajstić information content (AvgIpc) is 3.11. The molecule has 0 radical (unpaired) electrons. The fourth-order valence-corrected chi connectivity index (χ4v) is 13.8. The fourth-order valence-electron chi connectivity index (χ4n) is 13.8. The van der Waals surface area contributed by atoms with E-state index in [0.717, 1.165) is 38.5 Å². The second-order valence-electron chi connectivity index (χ2n) is 31.5. The Bertz CT molecular complexity index is 1600. The first-order valence-electron chi connectivity index (χ1n) is 43.8. The van der Waals surface area contributed by atoms with Crippen molar-refractivity contribution in [1.82, 2.24) is 0 Å². The van der Waals surface area contributed by atoms with Crippen LogP contribution in [-0.2, 0) is 33.3 Å². The van der Waals surface area contributed by atoms with E-state index in [9.17, 15) is 19.5 Å². The lowest BCUT2D eigenvalue weighted by molar-refractivity contribution is -0.870. The summed E-state index contributed by atoms with van der Waals surface area (Å²) in [5, 5.41) is 11.9. The van der Waals surface area contributed by atoms with Crippen molar-refractivity contribution in [3.63, 3.8) is 0 Å². The van der Waals surface area contributed by atoms with Crippen LogP contribution < -0.4 is 5.11 Å². The first kappa shape index (κ1) is 95.0. The minimum absolute atomic E-state index is 0.153. The number of likely N-dealkylation sites (N-methyl/N-ethyl adjacent to an activating group) is 1. The molecule has 2 atom stereocenters. The Hall–Kier alpha value is -1.97. The minimum atomic E-state index is -1.62. The van der Waals surface area contributed by atoms with Crippen LogP contribution in [0.1, 0.15) is 476 Å². The van der Waals surface area contributed by atoms with Crippen LogP contribution in [0.2, 0.25) is 0 Å². The fraction of sp³-hybridized carbons (Fsp3) is 0.943. The number of carboxylic acids is 1. The number of hydrogen-bond acceptors (Lipinski definition) is 8. The summed E-state index contributed by atoms with van der Waals surface area (Å²) in [6.45, 7) is 4.85. The molecular formula is C88H171NO8. The van der Waals surface area contributed by atoms with Gasteiger partial charge in [-0.15, -0.1) is 0 Å². The molecule has 0 saturated heterocycles. The van der Waals surface area contributed by atoms with Crippen molar-refractivity contribution in [2.45, 2.75) is 489 Å². The first-order valence-corrected chi connectivity index (χ1v) is 43.8. The molecule has 0 heterocycles. The smallest absolute Gasteiger partial charge is 0.306 e. The zero-order chi connectivity index (χ0) is 70.4. The van der Waals surface area contributed by atoms with E-state index in [1.807, 2.05) is 21.1 Å². The van der Waals surface area contributed by atoms with E-state index < -0.39 is 24.3 Å². The maximum absolute atomic E-state index is 13.0. The average molecular weight is 1370 g/mol. The van der Waals surface area contributed by atoms with Crippen molar-refractivity contribution >= 4 is 17.9 Å². The van der Waals surface area contributed by atoms with Gasteiger partial charge in [-0.2, -0.15) is 0 Å². The number of nitrogens with zero attached hydrogens (tertiary/aromatic N) is 1. The van der Waals surface area contributed by atoms with Gasteiger partial charge >= 0.3 is 11.9 Å². The number of rotatable bonds is 84. The molecule has 2 unspecified atom stereocenters. The summed E-state index contributed by atoms with van der Waals surface area (Å²) >= 11 is 0. The number of esters is 2. The molecule has 9 heteroatoms. The molecule has 0 amide bonds. The lowest BCUT2D eigenvalue weighted by Crippen LogP contribution is -2.44. The molecule has 0 aromatic heterocycles. The van der Waals surface area contributed by atoms with Crippen molar-refractivity contribution in [1.29, 1.82) is 0 Å². The van der Waals surface area contributed by atoms with Gasteiger partial charge in [-0.05, 0) is 38.5 Å². The topological polar surface area (TPSA) is 111 Å². The van der Waals surface area contributed by atoms with Gasteiger partial charge < -0.3 is 33.3 Å². The maximum Gasteiger partial charge on any atom is 0.306 e. The Kier molecular flexibility index (Phi) is 78.1. The van der Waals surface area contributed by atoms with Crippen LogP contribution >= 0.6 is 0 Å². The van der Waals surface area contributed by atoms with Gasteiger partial charge in [0.1, 0.15) is 13.2 Å². The second kappa shape index (κ2) is 79.7. The van der Waals surface area contributed by atoms with Crippen LogP contribution in [0, 0.1) is 0 Å². The molecule has 9 nitrogen and oxygen atoms in total. The lowest BCUT2D eigenvalue weighted by Gasteiger charge is -2.26. The molecule has 0 aliphatic heterocycles. The molecule has 0 aromatic rings. The highest BCUT2D eigenvalue weighted by molar-refractivity contribution is 5.70. The van der Waals surface area contributed by atoms with Gasteiger partial charge in [0.2, 0.25) is 0 Å². The summed E-state index contributed by atoms with van der Waals surface area (Å²) in [6.07, 6.45) is 98.1. The summed E-state index contributed by atoms with van der Waals surface area (Å²) in [5.41, 5.74) is 0. The molecule has 0 N–H and O–H groups in total. The van der Waals surface area contributed by atoms with Crippen LogP contribution in [0.5, 0.6) is 0 Å². The van der Waals surface area contributed by atoms with E-state index in [2.05, 4.69) is 26.0 Å². The normalized spacial score (nSPS) is 12.5. The van der Waals surface area contributed by atoms with E-state index in [1.165, 1.54) is 411 Å². The number of hydrogen-bond donors (Lipinski definition) is 0. The predicted molar refractivity (Wildman–Crippen MR) is 417 cm³/mol. The summed E-state index contributed by atoms with van der Waals surface area (Å²) in [5.74, 6) is -2.24. The summed E-state index contributed by atoms with van der Waals surface area (Å²) in [7, 11) is 5.96. The second-order valence-corrected chi connectivity index (χ2v) is 31.5. The molecule has 0 saturated carbocycles. The van der Waals surface area contributed by atoms with Crippen LogP contribution in [0.25, 0.3) is 0 Å². The molecule has 97 heavy (non-hydrogen) atoms. The Labute approximate surface area is 606 Å². The highest BCUT2D eigenvalue weighted by Gasteiger charge is 2.22. The number of unbranched alkanes of at least 4 members (excludes halogenated alkanes) is 67. The van der Waals surface area contributed by atoms with E-state index in [4.69, 9.17) is 18.9 Å². The van der Waals surface area contributed by atoms with E-state index in [1.54, 1.807) is 0 Å². The van der Waals surface area contributed by atoms with Gasteiger partial charge in [0.25, 0.3) is 0 Å². The quantitative estimate of drug-likeness (QED) is 0.0195. The maximum atomic E-state index is 13.0. The van der Waals surface area contributed by atoms with Crippen LogP contribution in [0.4, 0.5) is 0 Å². The molecule has 0 aliphatic rings. The standard InChI is InChI=1S/C88H171NO8/c1-6-8-10-12-14-16-18-20-22-24-26-28-30-32-34-36-38-40-42-43-45-47-49-51-53-55-57-59-61-63-65-67-69-71-73-75-77-79-86(91)97-84(83-96-88(87(92)93)94-81-80-89(3,4)5)82-95-85(90)78-76-74-72-70-68-66-64-62-60-58-56-54-52-50-48-46-44-41-39-37-35-33-31-29-27-25-23-21-19-17-15-13-11-9-7-2/h24,26,84,88H,6-23,25,27-83H2,1-5H3/b26-24-. The number of ether oxygens (including phenoxy) is 4. The third-order valence-corrected chi connectivity index (χ3v) is 20.5. The largest absolute Gasteiger partial charge is 0.545 e. The minimum Gasteiger partial charge on any atom is -0.545 e. The van der Waals surface area contributed by atoms with Crippen LogP contribution in [-0.4, -0.2) is 82.3 Å². The highest BCUT2D eigenvalue weighted by Crippen LogP contribution is 2.21. The number of allylic oxidation sites excluding steroid dienone is 2. The van der Waals surface area contributed by atoms with E-state index in [0.29, 0.717) is 17.4 Å². The molecular weight excluding hydrogens is 1200 g/mol. The third-order valence-electron chi connectivity index (χ3n) is 20.5. The number of carbonyl (C=O) groups is 3. The van der Waals surface area contributed by atoms with Crippen molar-refractivity contribution in [2.24, 2.45) is 0 Å². The summed E-state index contributed by atoms with van der Waals surface area (Å²) in [6, 6.07) is 0. The Morgan fingerprint density at radius 2 is 0.526 bits per heavy atom. The zero-order valence-corrected chi connectivity index (χ0v) is 66.3. The number of carboxylic acid groups (broad SMARTS) is 1. The third kappa shape index (κ3) is 81.2. The Morgan fingerprint density at radius 3 is 0.763 bits per heavy atom. The lowest BCUT2D eigenvalue weighted by atomic mass is 10.0. The first-order chi connectivity index (χ1) is 47.6. The van der Waals surface area contributed by atoms with E-state index >= 15 is 0 Å². The monoisotopic (exact) mass is 1370 g/mol. The molecule has 0 spiro atoms. The highest BCUT2D eigenvalue weighted by atomic mass is 16.7. The number of quaternary nitrogens is 1. The number of aliphatic carboxylic acids is 1. The molecule has 0 fully saturated rings. The summed E-state index contributed by atoms with van der Waals surface area (Å²) in [4.78, 5) is 37.7. The van der Waals surface area contributed by atoms with Crippen molar-refractivity contribution in [3.05, 3.63) is 12.2 Å². The molecule has 0 bridgehead atoms. The van der Waals surface area contributed by atoms with Gasteiger partial charge in [-0.25, -0.2) is 0 Å². The van der Waals surface area contributed by atoms with Crippen molar-refractivity contribution in [2.75, 3.05) is 47.5 Å². The van der Waals surface area contributed by atoms with Crippen LogP contribution in [0.15, 0.2) is 12.2 Å². The van der Waals surface area contributed by atoms with Gasteiger partial charge in [0.05, 0.1) is 40.3 Å². The molecule has 0 aliphatic carbocycles. The van der Waals surface area contributed by atoms with Crippen molar-refractivity contribution in [3.8, 4) is 0 Å². The van der Waals surface area contributed by atoms with Gasteiger partial charge in [0, 0.05) is 12.8 Å². The molecule has 0 rings (SSSR count). The van der Waals surface area contributed by atoms with Crippen LogP contribution in [0.3, 0.4) is 0 Å². The van der Waals surface area contributed by atoms with Gasteiger partial charge in [-0.3, -0.25) is 9.59 Å². The Balaban J connectivity index is 3.90. The van der Waals surface area contributed by atoms with Gasteiger partial charge in [0.15, 0.2) is 12.4 Å². The SMILES string of the molecule is CCCCCCCCCC/C=C\CCCCCCCCCCCCCCCCCCCCCCCCCCCC(=O)OC(COC(=O)CCCCCCCCCCCCCCCCCCCCCCCCCCCCCCCCCCCCC)COC(OCC[N+](C)(C)C)C(=O)[O-]. The van der Waals surface area contributed by atoms with Gasteiger partial charge in [-0.1, -0.05) is 437 Å². The molecule has 0 aromatic carbocycles. The van der Waals surface area contributed by atoms with E-state index in [-0.39, 0.29) is 32.2 Å². The zero-order valence-electron chi connectivity index (χ0n) is 66.3. The predicted octanol–water partition coefficient (Wildman–Crippen LogP) is 26.9.